The van der Waals surface area contributed by atoms with E-state index in [1.54, 1.807) is 0 Å². The van der Waals surface area contributed by atoms with Gasteiger partial charge in [0.05, 0.1) is 11.2 Å². The van der Waals surface area contributed by atoms with Gasteiger partial charge in [0.1, 0.15) is 0 Å². The molecule has 14 rings (SSSR count). The van der Waals surface area contributed by atoms with Crippen LogP contribution >= 0.6 is 0 Å². The van der Waals surface area contributed by atoms with E-state index in [0.29, 0.717) is 0 Å². The normalized spacial score (nSPS) is 19.6. The summed E-state index contributed by atoms with van der Waals surface area (Å²) in [5, 5.41) is 0. The van der Waals surface area contributed by atoms with Gasteiger partial charge in [0, 0.05) is 50.8 Å². The predicted molar refractivity (Wildman–Crippen MR) is 310 cm³/mol. The molecule has 3 aliphatic heterocycles. The zero-order chi connectivity index (χ0) is 49.6. The highest BCUT2D eigenvalue weighted by Crippen LogP contribution is 2.65. The quantitative estimate of drug-likeness (QED) is 0.154. The van der Waals surface area contributed by atoms with E-state index in [0.717, 1.165) is 24.9 Å². The summed E-state index contributed by atoms with van der Waals surface area (Å²) in [7, 11) is 0. The van der Waals surface area contributed by atoms with Gasteiger partial charge in [-0.2, -0.15) is 0 Å². The van der Waals surface area contributed by atoms with Gasteiger partial charge < -0.3 is 14.7 Å². The molecule has 2 atom stereocenters. The van der Waals surface area contributed by atoms with E-state index in [1.807, 2.05) is 0 Å². The Morgan fingerprint density at radius 2 is 0.986 bits per heavy atom. The second-order valence-electron chi connectivity index (χ2n) is 24.1. The molecule has 73 heavy (non-hydrogen) atoms. The lowest BCUT2D eigenvalue weighted by molar-refractivity contribution is 0.133. The summed E-state index contributed by atoms with van der Waals surface area (Å²) in [5.74, 6) is 0. The molecular weight excluding hydrogens is 882 g/mol. The van der Waals surface area contributed by atoms with Crippen molar-refractivity contribution < 1.29 is 0 Å². The number of para-hydroxylation sites is 1. The van der Waals surface area contributed by atoms with Gasteiger partial charge in [0.25, 0.3) is 6.71 Å². The Bertz CT molecular complexity index is 3690. The molecule has 9 aromatic rings. The van der Waals surface area contributed by atoms with E-state index in [2.05, 4.69) is 263 Å². The van der Waals surface area contributed by atoms with E-state index < -0.39 is 0 Å². The zero-order valence-corrected chi connectivity index (χ0v) is 43.3. The van der Waals surface area contributed by atoms with Gasteiger partial charge in [-0.25, -0.2) is 0 Å². The molecule has 0 radical (unpaired) electrons. The Kier molecular flexibility index (Phi) is 9.51. The number of hydrogen-bond acceptors (Lipinski definition) is 3. The third-order valence-corrected chi connectivity index (χ3v) is 18.0. The van der Waals surface area contributed by atoms with Gasteiger partial charge in [-0.1, -0.05) is 187 Å². The second kappa shape index (κ2) is 15.7. The Morgan fingerprint density at radius 3 is 1.64 bits per heavy atom. The topological polar surface area (TPSA) is 9.72 Å². The van der Waals surface area contributed by atoms with E-state index in [9.17, 15) is 0 Å². The lowest BCUT2D eigenvalue weighted by atomic mass is 9.33. The molecule has 3 heterocycles. The first-order valence-electron chi connectivity index (χ1n) is 26.7. The van der Waals surface area contributed by atoms with Crippen LogP contribution in [0.25, 0.3) is 33.4 Å². The molecular formula is C69H62BN3. The summed E-state index contributed by atoms with van der Waals surface area (Å²) in [4.78, 5) is 8.08. The van der Waals surface area contributed by atoms with Crippen LogP contribution in [0.3, 0.4) is 0 Å². The molecule has 1 fully saturated rings. The maximum Gasteiger partial charge on any atom is 0.252 e. The summed E-state index contributed by atoms with van der Waals surface area (Å²) in [6.45, 7) is 16.9. The van der Waals surface area contributed by atoms with E-state index >= 15 is 0 Å². The fraction of sp³-hybridized carbons (Fsp3) is 0.217. The number of fused-ring (bicyclic) bond motifs is 8. The molecule has 0 N–H and O–H groups in total. The van der Waals surface area contributed by atoms with Crippen LogP contribution < -0.4 is 31.1 Å². The highest BCUT2D eigenvalue weighted by atomic mass is 15.3. The van der Waals surface area contributed by atoms with Gasteiger partial charge in [-0.3, -0.25) is 0 Å². The second-order valence-corrected chi connectivity index (χ2v) is 24.1. The molecule has 0 bridgehead atoms. The first kappa shape index (κ1) is 44.2. The monoisotopic (exact) mass is 944 g/mol. The highest BCUT2D eigenvalue weighted by molar-refractivity contribution is 7.00. The van der Waals surface area contributed by atoms with Gasteiger partial charge in [-0.05, 0) is 164 Å². The highest BCUT2D eigenvalue weighted by Gasteiger charge is 2.63. The van der Waals surface area contributed by atoms with Gasteiger partial charge in [0.2, 0.25) is 0 Å². The van der Waals surface area contributed by atoms with E-state index in [4.69, 9.17) is 0 Å². The minimum atomic E-state index is -0.0935. The van der Waals surface area contributed by atoms with Crippen LogP contribution in [0.15, 0.2) is 200 Å². The molecule has 0 saturated heterocycles. The van der Waals surface area contributed by atoms with E-state index in [-0.39, 0.29) is 28.5 Å². The molecule has 5 aliphatic rings. The number of hydrogen-bond donors (Lipinski definition) is 0. The van der Waals surface area contributed by atoms with Crippen LogP contribution in [0.4, 0.5) is 45.5 Å². The van der Waals surface area contributed by atoms with E-state index in [1.165, 1.54) is 118 Å². The third-order valence-electron chi connectivity index (χ3n) is 18.0. The largest absolute Gasteiger partial charge is 0.334 e. The van der Waals surface area contributed by atoms with Crippen LogP contribution in [-0.4, -0.2) is 12.3 Å². The van der Waals surface area contributed by atoms with Crippen molar-refractivity contribution in [3.63, 3.8) is 0 Å². The van der Waals surface area contributed by atoms with Crippen molar-refractivity contribution in [2.45, 2.75) is 90.5 Å². The van der Waals surface area contributed by atoms with Crippen molar-refractivity contribution >= 4 is 68.6 Å². The number of rotatable bonds is 6. The van der Waals surface area contributed by atoms with Gasteiger partial charge in [-0.15, -0.1) is 0 Å². The Hall–Kier alpha value is -7.56. The molecule has 356 valence electrons. The van der Waals surface area contributed by atoms with Crippen LogP contribution in [0.1, 0.15) is 83.6 Å². The first-order chi connectivity index (χ1) is 35.3. The van der Waals surface area contributed by atoms with Crippen LogP contribution in [0.2, 0.25) is 0 Å². The summed E-state index contributed by atoms with van der Waals surface area (Å²) in [5.41, 5.74) is 27.2. The molecule has 2 aliphatic carbocycles. The first-order valence-corrected chi connectivity index (χ1v) is 26.7. The molecule has 1 saturated carbocycles. The average Bonchev–Trinajstić information content (AvgIpc) is 3.80. The third kappa shape index (κ3) is 6.58. The fourth-order valence-corrected chi connectivity index (χ4v) is 14.0. The van der Waals surface area contributed by atoms with Crippen LogP contribution in [-0.2, 0) is 23.7 Å². The lowest BCUT2D eigenvalue weighted by Crippen LogP contribution is -2.62. The molecule has 2 unspecified atom stereocenters. The lowest BCUT2D eigenvalue weighted by Gasteiger charge is -2.56. The minimum Gasteiger partial charge on any atom is -0.334 e. The van der Waals surface area contributed by atoms with Gasteiger partial charge in [0.15, 0.2) is 0 Å². The van der Waals surface area contributed by atoms with Crippen LogP contribution in [0.5, 0.6) is 0 Å². The minimum absolute atomic E-state index is 0.0257. The average molecular weight is 944 g/mol. The zero-order valence-electron chi connectivity index (χ0n) is 43.3. The van der Waals surface area contributed by atoms with Gasteiger partial charge >= 0.3 is 0 Å². The predicted octanol–water partition coefficient (Wildman–Crippen LogP) is 16.2. The van der Waals surface area contributed by atoms with Crippen LogP contribution in [0, 0.1) is 5.41 Å². The molecule has 0 amide bonds. The number of anilines is 8. The van der Waals surface area contributed by atoms with Crippen molar-refractivity contribution in [2.75, 3.05) is 14.7 Å². The molecule has 0 spiro atoms. The Balaban J connectivity index is 1.11. The molecule has 9 aromatic carbocycles. The standard InChI is InChI=1S/C69H62BN3/c1-66(2,3)52-30-34-59(55(40-52)48-23-15-10-16-24-48)72-62-39-51-44-67(4,5)43-50(51)38-58(62)70-57-37-49(46-21-13-9-14-22-46)29-33-61(57)71(53-31-27-47(28-32-53)45-19-11-8-12-20-45)63-41-54(42-64(72)65(63)70)73-60-26-18-17-25-56(60)68(6)35-36-69(68,73)7/h8-34,37-42H,35-36,43-44H2,1-7H3. The molecule has 3 nitrogen and oxygen atoms in total. The van der Waals surface area contributed by atoms with Crippen molar-refractivity contribution in [2.24, 2.45) is 5.41 Å². The van der Waals surface area contributed by atoms with Crippen molar-refractivity contribution in [1.82, 2.24) is 0 Å². The Labute approximate surface area is 432 Å². The van der Waals surface area contributed by atoms with Crippen molar-refractivity contribution in [3.8, 4) is 33.4 Å². The Morgan fingerprint density at radius 1 is 0.425 bits per heavy atom. The summed E-state index contributed by atoms with van der Waals surface area (Å²) < 4.78 is 0. The SMILES string of the molecule is CC1(C)Cc2cc3c(cc2C1)N(c1ccc(C(C)(C)C)cc1-c1ccccc1)c1cc(N2c4ccccc4C4(C)CCC24C)cc2c1B3c1cc(-c3ccccc3)ccc1N2c1ccc(-c2ccccc2)cc1. The maximum atomic E-state index is 2.75. The number of nitrogens with zero attached hydrogens (tertiary/aromatic N) is 3. The fourth-order valence-electron chi connectivity index (χ4n) is 14.0. The van der Waals surface area contributed by atoms with Crippen molar-refractivity contribution in [3.05, 3.63) is 222 Å². The summed E-state index contributed by atoms with van der Waals surface area (Å²) >= 11 is 0. The summed E-state index contributed by atoms with van der Waals surface area (Å²) in [6.07, 6.45) is 4.43. The maximum absolute atomic E-state index is 2.75. The van der Waals surface area contributed by atoms with Crippen molar-refractivity contribution in [1.29, 1.82) is 0 Å². The smallest absolute Gasteiger partial charge is 0.252 e. The molecule has 4 heteroatoms. The number of benzene rings is 9. The summed E-state index contributed by atoms with van der Waals surface area (Å²) in [6, 6.07) is 76.7. The molecule has 0 aromatic heterocycles.